The Morgan fingerprint density at radius 3 is 3.00 bits per heavy atom. The summed E-state index contributed by atoms with van der Waals surface area (Å²) < 4.78 is 0.848. The maximum atomic E-state index is 12.8. The second-order valence-corrected chi connectivity index (χ2v) is 7.27. The Kier molecular flexibility index (Phi) is 4.78. The minimum Gasteiger partial charge on any atom is -0.345 e. The Bertz CT molecular complexity index is 863. The van der Waals surface area contributed by atoms with Gasteiger partial charge in [0.2, 0.25) is 0 Å². The molecule has 2 aliphatic heterocycles. The fourth-order valence-corrected chi connectivity index (χ4v) is 3.66. The van der Waals surface area contributed by atoms with E-state index in [0.717, 1.165) is 22.2 Å². The Balaban J connectivity index is 1.84. The molecule has 1 amide bonds. The van der Waals surface area contributed by atoms with E-state index in [0.29, 0.717) is 17.0 Å². The average Bonchev–Trinajstić information content (AvgIpc) is 2.93. The summed E-state index contributed by atoms with van der Waals surface area (Å²) in [6.07, 6.45) is 3.75. The lowest BCUT2D eigenvalue weighted by atomic mass is 9.98. The second-order valence-electron chi connectivity index (χ2n) is 6.35. The van der Waals surface area contributed by atoms with E-state index in [1.807, 2.05) is 44.0 Å². The molecule has 25 heavy (non-hydrogen) atoms. The summed E-state index contributed by atoms with van der Waals surface area (Å²) >= 11 is 3.47. The minimum atomic E-state index is -0.209. The third-order valence-corrected chi connectivity index (χ3v) is 4.87. The van der Waals surface area contributed by atoms with Crippen molar-refractivity contribution in [3.05, 3.63) is 57.2 Å². The van der Waals surface area contributed by atoms with E-state index in [9.17, 15) is 10.1 Å². The van der Waals surface area contributed by atoms with E-state index >= 15 is 0 Å². The van der Waals surface area contributed by atoms with E-state index < -0.39 is 0 Å². The summed E-state index contributed by atoms with van der Waals surface area (Å²) in [5.41, 5.74) is 3.02. The Labute approximate surface area is 155 Å². The summed E-state index contributed by atoms with van der Waals surface area (Å²) in [6, 6.07) is 7.70. The van der Waals surface area contributed by atoms with Crippen LogP contribution in [0.1, 0.15) is 36.6 Å². The molecule has 0 radical (unpaired) electrons. The lowest BCUT2D eigenvalue weighted by Crippen LogP contribution is -2.36. The van der Waals surface area contributed by atoms with Gasteiger partial charge in [-0.3, -0.25) is 9.79 Å². The zero-order valence-corrected chi connectivity index (χ0v) is 16.0. The first-order valence-corrected chi connectivity index (χ1v) is 8.94. The standard InChI is InChI=1S/C19H19BrN4O/c1-11-9-24-10-15(20)7-17(18(24)22-11)19(25)23-13(3)16-6-4-5-14(8-21)12(16)2/h4-7,10-11,13H,9H2,1-3H3,(H,23,25)/t11-,13-/m1/s1. The van der Waals surface area contributed by atoms with Crippen LogP contribution in [0.4, 0.5) is 0 Å². The molecule has 2 aliphatic rings. The molecule has 128 valence electrons. The van der Waals surface area contributed by atoms with Crippen molar-refractivity contribution in [2.45, 2.75) is 32.9 Å². The van der Waals surface area contributed by atoms with Crippen LogP contribution in [0, 0.1) is 18.3 Å². The lowest BCUT2D eigenvalue weighted by molar-refractivity contribution is -0.117. The second kappa shape index (κ2) is 6.85. The first-order chi connectivity index (χ1) is 11.9. The SMILES string of the molecule is Cc1c(C#N)cccc1[C@@H](C)NC(=O)C1=CC(Br)=CN2C[C@@H](C)N=C12. The summed E-state index contributed by atoms with van der Waals surface area (Å²) in [4.78, 5) is 19.4. The summed E-state index contributed by atoms with van der Waals surface area (Å²) in [5.74, 6) is 0.542. The molecule has 6 heteroatoms. The van der Waals surface area contributed by atoms with Crippen molar-refractivity contribution in [2.24, 2.45) is 4.99 Å². The highest BCUT2D eigenvalue weighted by molar-refractivity contribution is 9.11. The van der Waals surface area contributed by atoms with Gasteiger partial charge in [0, 0.05) is 17.2 Å². The van der Waals surface area contributed by atoms with Gasteiger partial charge in [0.05, 0.1) is 29.3 Å². The van der Waals surface area contributed by atoms with Gasteiger partial charge in [-0.1, -0.05) is 12.1 Å². The normalized spacial score (nSPS) is 20.0. The van der Waals surface area contributed by atoms with Gasteiger partial charge in [-0.2, -0.15) is 5.26 Å². The molecular formula is C19H19BrN4O. The number of rotatable bonds is 3. The molecule has 0 fully saturated rings. The molecule has 0 unspecified atom stereocenters. The number of benzene rings is 1. The fourth-order valence-electron chi connectivity index (χ4n) is 3.18. The zero-order valence-electron chi connectivity index (χ0n) is 14.4. The van der Waals surface area contributed by atoms with Crippen molar-refractivity contribution in [3.8, 4) is 6.07 Å². The smallest absolute Gasteiger partial charge is 0.255 e. The van der Waals surface area contributed by atoms with Gasteiger partial charge in [0.25, 0.3) is 5.91 Å². The largest absolute Gasteiger partial charge is 0.345 e. The van der Waals surface area contributed by atoms with Gasteiger partial charge >= 0.3 is 0 Å². The number of carbonyl (C=O) groups is 1. The topological polar surface area (TPSA) is 68.5 Å². The molecule has 1 aromatic carbocycles. The number of allylic oxidation sites excluding steroid dienone is 2. The Morgan fingerprint density at radius 2 is 2.28 bits per heavy atom. The van der Waals surface area contributed by atoms with E-state index in [2.05, 4.69) is 32.3 Å². The highest BCUT2D eigenvalue weighted by atomic mass is 79.9. The molecule has 1 N–H and O–H groups in total. The molecule has 0 saturated heterocycles. The van der Waals surface area contributed by atoms with Crippen LogP contribution in [0.15, 0.2) is 45.5 Å². The molecule has 1 aromatic rings. The van der Waals surface area contributed by atoms with Crippen molar-refractivity contribution in [2.75, 3.05) is 6.54 Å². The van der Waals surface area contributed by atoms with Crippen LogP contribution in [0.2, 0.25) is 0 Å². The van der Waals surface area contributed by atoms with Crippen molar-refractivity contribution < 1.29 is 4.79 Å². The molecule has 2 heterocycles. The quantitative estimate of drug-likeness (QED) is 0.848. The maximum Gasteiger partial charge on any atom is 0.255 e. The molecule has 5 nitrogen and oxygen atoms in total. The van der Waals surface area contributed by atoms with Crippen molar-refractivity contribution >= 4 is 27.7 Å². The predicted molar refractivity (Wildman–Crippen MR) is 101 cm³/mol. The van der Waals surface area contributed by atoms with E-state index in [1.165, 1.54) is 0 Å². The first-order valence-electron chi connectivity index (χ1n) is 8.15. The monoisotopic (exact) mass is 398 g/mol. The lowest BCUT2D eigenvalue weighted by Gasteiger charge is -2.24. The van der Waals surface area contributed by atoms with Crippen LogP contribution in [0.3, 0.4) is 0 Å². The van der Waals surface area contributed by atoms with E-state index in [4.69, 9.17) is 0 Å². The highest BCUT2D eigenvalue weighted by Gasteiger charge is 2.31. The molecule has 0 saturated carbocycles. The van der Waals surface area contributed by atoms with Gasteiger partial charge in [-0.05, 0) is 60.0 Å². The molecule has 0 spiro atoms. The van der Waals surface area contributed by atoms with Gasteiger partial charge in [-0.15, -0.1) is 0 Å². The highest BCUT2D eigenvalue weighted by Crippen LogP contribution is 2.26. The van der Waals surface area contributed by atoms with Crippen LogP contribution in [-0.4, -0.2) is 29.2 Å². The number of hydrogen-bond donors (Lipinski definition) is 1. The number of nitriles is 1. The predicted octanol–water partition coefficient (Wildman–Crippen LogP) is 3.32. The van der Waals surface area contributed by atoms with Crippen LogP contribution in [-0.2, 0) is 4.79 Å². The van der Waals surface area contributed by atoms with Gasteiger partial charge in [0.15, 0.2) is 0 Å². The number of halogens is 1. The van der Waals surface area contributed by atoms with Crippen LogP contribution >= 0.6 is 15.9 Å². The first kappa shape index (κ1) is 17.4. The number of fused-ring (bicyclic) bond motifs is 1. The van der Waals surface area contributed by atoms with Crippen molar-refractivity contribution in [1.82, 2.24) is 10.2 Å². The van der Waals surface area contributed by atoms with E-state index in [1.54, 1.807) is 12.1 Å². The number of aliphatic imine (C=N–C) groups is 1. The number of carbonyl (C=O) groups excluding carboxylic acids is 1. The van der Waals surface area contributed by atoms with Crippen molar-refractivity contribution in [3.63, 3.8) is 0 Å². The van der Waals surface area contributed by atoms with Crippen LogP contribution in [0.25, 0.3) is 0 Å². The minimum absolute atomic E-state index is 0.160. The molecule has 0 aromatic heterocycles. The van der Waals surface area contributed by atoms with Crippen LogP contribution in [0.5, 0.6) is 0 Å². The van der Waals surface area contributed by atoms with Gasteiger partial charge < -0.3 is 10.2 Å². The van der Waals surface area contributed by atoms with E-state index in [-0.39, 0.29) is 18.0 Å². The third kappa shape index (κ3) is 3.38. The Hall–Kier alpha value is -2.39. The summed E-state index contributed by atoms with van der Waals surface area (Å²) in [5, 5.41) is 12.2. The van der Waals surface area contributed by atoms with Gasteiger partial charge in [-0.25, -0.2) is 0 Å². The molecule has 0 aliphatic carbocycles. The summed E-state index contributed by atoms with van der Waals surface area (Å²) in [7, 11) is 0. The number of amides is 1. The molecule has 0 bridgehead atoms. The average molecular weight is 399 g/mol. The Morgan fingerprint density at radius 1 is 1.52 bits per heavy atom. The number of nitrogens with zero attached hydrogens (tertiary/aromatic N) is 3. The molecule has 3 rings (SSSR count). The van der Waals surface area contributed by atoms with Crippen LogP contribution < -0.4 is 5.32 Å². The fraction of sp³-hybridized carbons (Fsp3) is 0.316. The number of amidine groups is 1. The number of hydrogen-bond acceptors (Lipinski definition) is 4. The number of nitrogens with one attached hydrogen (secondary N) is 1. The van der Waals surface area contributed by atoms with Crippen molar-refractivity contribution in [1.29, 1.82) is 5.26 Å². The maximum absolute atomic E-state index is 12.8. The van der Waals surface area contributed by atoms with Gasteiger partial charge in [0.1, 0.15) is 5.84 Å². The molecular weight excluding hydrogens is 380 g/mol. The third-order valence-electron chi connectivity index (χ3n) is 4.43. The molecule has 2 atom stereocenters. The summed E-state index contributed by atoms with van der Waals surface area (Å²) in [6.45, 7) is 6.63. The zero-order chi connectivity index (χ0) is 18.1.